The van der Waals surface area contributed by atoms with Crippen LogP contribution < -0.4 is 0 Å². The molecule has 1 aliphatic carbocycles. The van der Waals surface area contributed by atoms with E-state index in [0.29, 0.717) is 17.9 Å². The zero-order valence-corrected chi connectivity index (χ0v) is 15.2. The normalized spacial score (nSPS) is 17.4. The Balaban J connectivity index is 0.00000200. The van der Waals surface area contributed by atoms with E-state index in [4.69, 9.17) is 16.3 Å². The number of hydrogen-bond donors (Lipinski definition) is 0. The third kappa shape index (κ3) is 4.16. The van der Waals surface area contributed by atoms with Crippen LogP contribution in [0.1, 0.15) is 24.8 Å². The molecule has 0 heterocycles. The van der Waals surface area contributed by atoms with Crippen molar-refractivity contribution in [2.24, 2.45) is 5.41 Å². The van der Waals surface area contributed by atoms with Crippen LogP contribution in [0.3, 0.4) is 0 Å². The largest absolute Gasteiger partial charge is 0.466 e. The van der Waals surface area contributed by atoms with Crippen molar-refractivity contribution in [1.82, 2.24) is 0 Å². The van der Waals surface area contributed by atoms with E-state index >= 15 is 0 Å². The van der Waals surface area contributed by atoms with E-state index in [1.165, 1.54) is 7.11 Å². The fourth-order valence-electron chi connectivity index (χ4n) is 2.39. The van der Waals surface area contributed by atoms with Gasteiger partial charge in [0.25, 0.3) is 0 Å². The van der Waals surface area contributed by atoms with Gasteiger partial charge in [0.2, 0.25) is 0 Å². The van der Waals surface area contributed by atoms with Gasteiger partial charge in [-0.25, -0.2) is 4.79 Å². The molecule has 1 radical (unpaired) electrons. The van der Waals surface area contributed by atoms with Crippen LogP contribution in [0.5, 0.6) is 0 Å². The second-order valence-corrected chi connectivity index (χ2v) is 5.57. The van der Waals surface area contributed by atoms with Crippen molar-refractivity contribution >= 4 is 23.1 Å². The predicted molar refractivity (Wildman–Crippen MR) is 77.4 cm³/mol. The van der Waals surface area contributed by atoms with E-state index in [0.717, 1.165) is 23.1 Å². The maximum atomic E-state index is 11.9. The van der Waals surface area contributed by atoms with Crippen molar-refractivity contribution in [1.29, 1.82) is 0 Å². The molecule has 0 aliphatic heterocycles. The van der Waals surface area contributed by atoms with E-state index in [2.05, 4.69) is 13.8 Å². The molecule has 0 spiro atoms. The summed E-state index contributed by atoms with van der Waals surface area (Å²) in [6.45, 7) is 8.24. The molecule has 0 atom stereocenters. The minimum absolute atomic E-state index is 0. The summed E-state index contributed by atoms with van der Waals surface area (Å²) in [6, 6.07) is 7.48. The van der Waals surface area contributed by atoms with Gasteiger partial charge < -0.3 is 18.6 Å². The van der Waals surface area contributed by atoms with Crippen molar-refractivity contribution < 1.29 is 42.2 Å². The monoisotopic (exact) mass is 365 g/mol. The fraction of sp³-hybridized carbons (Fsp3) is 0.312. The second-order valence-electron chi connectivity index (χ2n) is 5.13. The molecule has 1 aliphatic rings. The minimum Gasteiger partial charge on any atom is -0.466 e. The molecular formula is C16H17ClO2Y-2. The quantitative estimate of drug-likeness (QED) is 0.582. The van der Waals surface area contributed by atoms with Crippen molar-refractivity contribution in [3.8, 4) is 0 Å². The second kappa shape index (κ2) is 7.20. The Bertz CT molecular complexity index is 518. The van der Waals surface area contributed by atoms with Gasteiger partial charge >= 0.3 is 5.97 Å². The number of allylic oxidation sites excluding steroid dienone is 1. The van der Waals surface area contributed by atoms with Crippen LogP contribution in [0.2, 0.25) is 5.02 Å². The summed E-state index contributed by atoms with van der Waals surface area (Å²) in [6.07, 6.45) is 2.10. The van der Waals surface area contributed by atoms with E-state index < -0.39 is 0 Å². The molecule has 0 unspecified atom stereocenters. The average molecular weight is 366 g/mol. The van der Waals surface area contributed by atoms with Crippen LogP contribution in [0.15, 0.2) is 29.8 Å². The SMILES string of the molecule is [CH2-]C1([CH2-])CCC(C(=O)OC)=C(c2ccc(Cl)cc2)C1.[Y]. The number of carbonyl (C=O) groups is 1. The molecule has 0 saturated carbocycles. The van der Waals surface area contributed by atoms with Crippen LogP contribution in [0, 0.1) is 19.3 Å². The zero-order valence-electron chi connectivity index (χ0n) is 11.6. The van der Waals surface area contributed by atoms with Crippen LogP contribution >= 0.6 is 11.6 Å². The molecule has 0 saturated heterocycles. The van der Waals surface area contributed by atoms with Crippen molar-refractivity contribution in [3.05, 3.63) is 54.3 Å². The Hall–Kier alpha value is -0.176. The molecule has 2 nitrogen and oxygen atoms in total. The van der Waals surface area contributed by atoms with Crippen LogP contribution in [0.25, 0.3) is 5.57 Å². The standard InChI is InChI=1S/C16H17ClO2.Y/c1-16(2)9-8-13(15(18)19-3)14(10-16)11-4-6-12(17)7-5-11;/h4-7H,1-2,8-10H2,3H3;/q-2;. The Labute approximate surface area is 150 Å². The topological polar surface area (TPSA) is 26.3 Å². The molecule has 4 heteroatoms. The van der Waals surface area contributed by atoms with Crippen LogP contribution in [-0.4, -0.2) is 13.1 Å². The van der Waals surface area contributed by atoms with Gasteiger partial charge in [0, 0.05) is 43.3 Å². The number of carbonyl (C=O) groups excluding carboxylic acids is 1. The molecule has 20 heavy (non-hydrogen) atoms. The van der Waals surface area contributed by atoms with Gasteiger partial charge in [-0.3, -0.25) is 5.41 Å². The number of hydrogen-bond acceptors (Lipinski definition) is 2. The van der Waals surface area contributed by atoms with Gasteiger partial charge in [0.1, 0.15) is 0 Å². The molecule has 105 valence electrons. The Morgan fingerprint density at radius 1 is 1.30 bits per heavy atom. The van der Waals surface area contributed by atoms with Crippen LogP contribution in [-0.2, 0) is 42.2 Å². The van der Waals surface area contributed by atoms with Crippen molar-refractivity contribution in [3.63, 3.8) is 0 Å². The summed E-state index contributed by atoms with van der Waals surface area (Å²) in [5.41, 5.74) is 2.40. The molecule has 0 N–H and O–H groups in total. The summed E-state index contributed by atoms with van der Waals surface area (Å²) < 4.78 is 4.87. The van der Waals surface area contributed by atoms with E-state index in [-0.39, 0.29) is 44.1 Å². The number of esters is 1. The van der Waals surface area contributed by atoms with E-state index in [1.807, 2.05) is 24.3 Å². The predicted octanol–water partition coefficient (Wildman–Crippen LogP) is 4.10. The molecule has 2 rings (SSSR count). The number of benzene rings is 1. The summed E-state index contributed by atoms with van der Waals surface area (Å²) in [5.74, 6) is -0.263. The summed E-state index contributed by atoms with van der Waals surface area (Å²) in [4.78, 5) is 11.9. The zero-order chi connectivity index (χ0) is 14.0. The van der Waals surface area contributed by atoms with Gasteiger partial charge in [-0.2, -0.15) is 0 Å². The summed E-state index contributed by atoms with van der Waals surface area (Å²) in [5, 5.41) is 0.676. The maximum absolute atomic E-state index is 11.9. The first-order valence-electron chi connectivity index (χ1n) is 6.20. The van der Waals surface area contributed by atoms with E-state index in [1.54, 1.807) is 0 Å². The van der Waals surface area contributed by atoms with Crippen LogP contribution in [0.4, 0.5) is 0 Å². The average Bonchev–Trinajstić information content (AvgIpc) is 2.38. The van der Waals surface area contributed by atoms with E-state index in [9.17, 15) is 4.79 Å². The molecule has 0 aromatic heterocycles. The number of methoxy groups -OCH3 is 1. The van der Waals surface area contributed by atoms with Crippen molar-refractivity contribution in [2.75, 3.05) is 7.11 Å². The molecule has 0 bridgehead atoms. The fourth-order valence-corrected chi connectivity index (χ4v) is 2.51. The number of halogens is 1. The van der Waals surface area contributed by atoms with Gasteiger partial charge in [-0.15, -0.1) is 0 Å². The van der Waals surface area contributed by atoms with Gasteiger partial charge in [-0.1, -0.05) is 36.6 Å². The van der Waals surface area contributed by atoms with Gasteiger partial charge in [0.15, 0.2) is 0 Å². The third-order valence-corrected chi connectivity index (χ3v) is 3.70. The number of ether oxygens (including phenoxy) is 1. The third-order valence-electron chi connectivity index (χ3n) is 3.45. The summed E-state index contributed by atoms with van der Waals surface area (Å²) >= 11 is 5.90. The molecular weight excluding hydrogens is 349 g/mol. The smallest absolute Gasteiger partial charge is 0.334 e. The first kappa shape index (κ1) is 17.9. The Kier molecular flexibility index (Phi) is 6.43. The Morgan fingerprint density at radius 3 is 2.45 bits per heavy atom. The van der Waals surface area contributed by atoms with Gasteiger partial charge in [-0.05, 0) is 29.7 Å². The number of rotatable bonds is 2. The van der Waals surface area contributed by atoms with Crippen molar-refractivity contribution in [2.45, 2.75) is 19.3 Å². The minimum atomic E-state index is -0.285. The molecule has 0 amide bonds. The molecule has 1 aromatic rings. The summed E-state index contributed by atoms with van der Waals surface area (Å²) in [7, 11) is 1.41. The van der Waals surface area contributed by atoms with Gasteiger partial charge in [0.05, 0.1) is 7.11 Å². The molecule has 1 aromatic carbocycles. The molecule has 0 fully saturated rings. The first-order chi connectivity index (χ1) is 8.93. The first-order valence-corrected chi connectivity index (χ1v) is 6.58. The maximum Gasteiger partial charge on any atom is 0.334 e. The Morgan fingerprint density at radius 2 is 1.90 bits per heavy atom.